The highest BCUT2D eigenvalue weighted by Crippen LogP contribution is 2.50. The Morgan fingerprint density at radius 3 is 1.42 bits per heavy atom. The van der Waals surface area contributed by atoms with Crippen LogP contribution < -0.4 is 0 Å². The maximum Gasteiger partial charge on any atom is 0.197 e. The molecule has 0 radical (unpaired) electrons. The average Bonchev–Trinajstić information content (AvgIpc) is 2.65. The minimum Gasteiger partial charge on any atom is -0.359 e. The lowest BCUT2D eigenvalue weighted by Gasteiger charge is -2.37. The van der Waals surface area contributed by atoms with Crippen LogP contribution >= 0.6 is 0 Å². The highest BCUT2D eigenvalue weighted by Gasteiger charge is 2.41. The molecule has 0 heterocycles. The Hall–Kier alpha value is -1.74. The van der Waals surface area contributed by atoms with Crippen molar-refractivity contribution in [1.29, 1.82) is 0 Å². The van der Waals surface area contributed by atoms with Gasteiger partial charge in [-0.1, -0.05) is 12.2 Å². The summed E-state index contributed by atoms with van der Waals surface area (Å²) in [5.41, 5.74) is 0.861. The van der Waals surface area contributed by atoms with Gasteiger partial charge in [0.2, 0.25) is 0 Å². The molecule has 2 atom stereocenters. The molecular weight excluding hydrogens is 356 g/mol. The molecule has 0 unspecified atom stereocenters. The van der Waals surface area contributed by atoms with Crippen LogP contribution in [0.1, 0.15) is 23.0 Å². The van der Waals surface area contributed by atoms with Gasteiger partial charge in [0.15, 0.2) is 23.3 Å². The number of hydrogen-bond donors (Lipinski definition) is 0. The Morgan fingerprint density at radius 1 is 0.692 bits per heavy atom. The zero-order valence-corrected chi connectivity index (χ0v) is 14.3. The Bertz CT molecular complexity index is 697. The summed E-state index contributed by atoms with van der Waals surface area (Å²) in [5.74, 6) is -7.90. The first-order valence-corrected chi connectivity index (χ1v) is 7.91. The zero-order valence-electron chi connectivity index (χ0n) is 14.3. The molecule has 1 aromatic carbocycles. The quantitative estimate of drug-likeness (QED) is 0.174. The molecule has 142 valence electrons. The number of benzene rings is 1. The predicted molar refractivity (Wildman–Crippen MR) is 83.6 cm³/mol. The van der Waals surface area contributed by atoms with Crippen molar-refractivity contribution in [3.63, 3.8) is 0 Å². The largest absolute Gasteiger partial charge is 0.359 e. The van der Waals surface area contributed by atoms with Crippen molar-refractivity contribution in [3.05, 3.63) is 57.7 Å². The van der Waals surface area contributed by atoms with Crippen LogP contribution in [0.15, 0.2) is 23.3 Å². The first-order chi connectivity index (χ1) is 12.5. The lowest BCUT2D eigenvalue weighted by atomic mass is 9.68. The summed E-state index contributed by atoms with van der Waals surface area (Å²) in [6, 6.07) is 0. The van der Waals surface area contributed by atoms with Crippen LogP contribution in [-0.2, 0) is 18.9 Å². The lowest BCUT2D eigenvalue weighted by molar-refractivity contribution is -0.0240. The minimum atomic E-state index is -1.81. The van der Waals surface area contributed by atoms with Gasteiger partial charge in [0.05, 0.1) is 13.2 Å². The summed E-state index contributed by atoms with van der Waals surface area (Å²) in [6.07, 6.45) is 3.35. The van der Waals surface area contributed by atoms with Crippen LogP contribution in [0.3, 0.4) is 0 Å². The molecule has 0 spiro atoms. The summed E-state index contributed by atoms with van der Waals surface area (Å²) in [6.45, 7) is 0.224. The van der Waals surface area contributed by atoms with Crippen LogP contribution in [-0.4, -0.2) is 41.0 Å². The van der Waals surface area contributed by atoms with Gasteiger partial charge in [0.1, 0.15) is 13.6 Å². The van der Waals surface area contributed by atoms with E-state index in [0.717, 1.165) is 0 Å². The van der Waals surface area contributed by atoms with Gasteiger partial charge in [-0.2, -0.15) is 0 Å². The Balaban J connectivity index is 2.01. The second kappa shape index (κ2) is 7.87. The van der Waals surface area contributed by atoms with E-state index in [2.05, 4.69) is 0 Å². The molecule has 2 bridgehead atoms. The highest BCUT2D eigenvalue weighted by atomic mass is 19.2. The number of halogens is 4. The molecule has 1 aromatic rings. The lowest BCUT2D eigenvalue weighted by Crippen LogP contribution is -2.28. The van der Waals surface area contributed by atoms with E-state index in [-0.39, 0.29) is 37.9 Å². The molecule has 4 rings (SSSR count). The van der Waals surface area contributed by atoms with Crippen LogP contribution in [0.4, 0.5) is 17.6 Å². The fraction of sp³-hybridized carbons (Fsp3) is 0.444. The van der Waals surface area contributed by atoms with E-state index in [1.807, 2.05) is 0 Å². The van der Waals surface area contributed by atoms with Gasteiger partial charge in [-0.25, -0.2) is 17.6 Å². The van der Waals surface area contributed by atoms with E-state index < -0.39 is 35.1 Å². The number of rotatable bonds is 8. The second-order valence-electron chi connectivity index (χ2n) is 6.03. The number of ether oxygens (including phenoxy) is 4. The SMILES string of the molecule is COCOCC1=C[C@@H]2C(COCOC)=C[C@H]1c1c(F)c(F)c(F)c(F)c12. The Labute approximate surface area is 148 Å². The van der Waals surface area contributed by atoms with Gasteiger partial charge >= 0.3 is 0 Å². The topological polar surface area (TPSA) is 36.9 Å². The van der Waals surface area contributed by atoms with Crippen LogP contribution in [0.25, 0.3) is 0 Å². The van der Waals surface area contributed by atoms with Crippen molar-refractivity contribution in [1.82, 2.24) is 0 Å². The minimum absolute atomic E-state index is 0.0176. The normalized spacial score (nSPS) is 20.8. The third kappa shape index (κ3) is 3.18. The Kier molecular flexibility index (Phi) is 5.76. The number of hydrogen-bond acceptors (Lipinski definition) is 4. The molecule has 26 heavy (non-hydrogen) atoms. The molecule has 4 nitrogen and oxygen atoms in total. The first kappa shape index (κ1) is 19.0. The second-order valence-corrected chi connectivity index (χ2v) is 6.03. The molecule has 3 aliphatic carbocycles. The molecule has 3 aliphatic rings. The zero-order chi connectivity index (χ0) is 18.8. The van der Waals surface area contributed by atoms with E-state index in [9.17, 15) is 17.6 Å². The van der Waals surface area contributed by atoms with Crippen LogP contribution in [0, 0.1) is 23.3 Å². The van der Waals surface area contributed by atoms with Gasteiger partial charge in [-0.05, 0) is 11.1 Å². The molecule has 0 amide bonds. The van der Waals surface area contributed by atoms with Gasteiger partial charge < -0.3 is 18.9 Å². The smallest absolute Gasteiger partial charge is 0.197 e. The maximum absolute atomic E-state index is 14.4. The van der Waals surface area contributed by atoms with Gasteiger partial charge in [0.25, 0.3) is 0 Å². The average molecular weight is 374 g/mol. The van der Waals surface area contributed by atoms with Crippen molar-refractivity contribution in [2.75, 3.05) is 41.0 Å². The fourth-order valence-corrected chi connectivity index (χ4v) is 3.42. The summed E-state index contributed by atoms with van der Waals surface area (Å²) >= 11 is 0. The Morgan fingerprint density at radius 2 is 1.08 bits per heavy atom. The summed E-state index contributed by atoms with van der Waals surface area (Å²) < 4.78 is 76.6. The van der Waals surface area contributed by atoms with Crippen molar-refractivity contribution in [2.24, 2.45) is 0 Å². The summed E-state index contributed by atoms with van der Waals surface area (Å²) in [7, 11) is 2.91. The van der Waals surface area contributed by atoms with E-state index in [1.165, 1.54) is 14.2 Å². The number of methoxy groups -OCH3 is 2. The third-order valence-electron chi connectivity index (χ3n) is 4.46. The van der Waals surface area contributed by atoms with E-state index in [4.69, 9.17) is 18.9 Å². The van der Waals surface area contributed by atoms with Crippen molar-refractivity contribution in [3.8, 4) is 0 Å². The van der Waals surface area contributed by atoms with Crippen molar-refractivity contribution >= 4 is 0 Å². The maximum atomic E-state index is 14.4. The molecular formula is C18H18F4O4. The fourth-order valence-electron chi connectivity index (χ4n) is 3.42. The van der Waals surface area contributed by atoms with Gasteiger partial charge in [-0.3, -0.25) is 0 Å². The molecule has 0 saturated heterocycles. The monoisotopic (exact) mass is 374 g/mol. The summed E-state index contributed by atoms with van der Waals surface area (Å²) in [4.78, 5) is 0. The van der Waals surface area contributed by atoms with Crippen LogP contribution in [0.2, 0.25) is 0 Å². The standard InChI is InChI=1S/C18H18F4O4/c1-23-7-25-5-9-3-12-10(6-26-8-24-2)4-11(9)13-14(12)16(20)18(22)17(21)15(13)19/h3-4,11-12H,5-8H2,1-2H3/t11-,12-/m1/s1. The third-order valence-corrected chi connectivity index (χ3v) is 4.46. The van der Waals surface area contributed by atoms with Crippen molar-refractivity contribution in [2.45, 2.75) is 11.8 Å². The van der Waals surface area contributed by atoms with Crippen molar-refractivity contribution < 1.29 is 36.5 Å². The highest BCUT2D eigenvalue weighted by molar-refractivity contribution is 5.58. The predicted octanol–water partition coefficient (Wildman–Crippen LogP) is 3.53. The molecule has 0 saturated carbocycles. The molecule has 8 heteroatoms. The first-order valence-electron chi connectivity index (χ1n) is 7.91. The van der Waals surface area contributed by atoms with Gasteiger partial charge in [-0.15, -0.1) is 0 Å². The van der Waals surface area contributed by atoms with Crippen LogP contribution in [0.5, 0.6) is 0 Å². The molecule has 0 N–H and O–H groups in total. The number of allylic oxidation sites excluding steroid dienone is 2. The summed E-state index contributed by atoms with van der Waals surface area (Å²) in [5, 5.41) is 0. The molecule has 0 aromatic heterocycles. The van der Waals surface area contributed by atoms with E-state index in [1.54, 1.807) is 12.2 Å². The molecule has 0 aliphatic heterocycles. The van der Waals surface area contributed by atoms with E-state index >= 15 is 0 Å². The van der Waals surface area contributed by atoms with Gasteiger partial charge in [0, 0.05) is 37.2 Å². The molecule has 0 fully saturated rings. The van der Waals surface area contributed by atoms with E-state index in [0.29, 0.717) is 11.1 Å².